The van der Waals surface area contributed by atoms with Crippen LogP contribution in [0.1, 0.15) is 25.0 Å². The lowest BCUT2D eigenvalue weighted by Gasteiger charge is -2.31. The smallest absolute Gasteiger partial charge is 0.349 e. The van der Waals surface area contributed by atoms with Crippen molar-refractivity contribution < 1.29 is 23.8 Å². The van der Waals surface area contributed by atoms with Crippen LogP contribution in [0.3, 0.4) is 0 Å². The summed E-state index contributed by atoms with van der Waals surface area (Å²) in [5.41, 5.74) is 1.76. The van der Waals surface area contributed by atoms with Crippen molar-refractivity contribution in [3.63, 3.8) is 0 Å². The van der Waals surface area contributed by atoms with Gasteiger partial charge in [-0.1, -0.05) is 48.5 Å². The minimum atomic E-state index is -1.28. The van der Waals surface area contributed by atoms with Gasteiger partial charge in [0, 0.05) is 30.5 Å². The third kappa shape index (κ3) is 2.77. The number of carbonyl (C=O) groups is 2. The number of cyclic esters (lactones) is 2. The van der Waals surface area contributed by atoms with E-state index in [2.05, 4.69) is 0 Å². The Balaban J connectivity index is 1.92. The number of ether oxygens (including phenoxy) is 3. The van der Waals surface area contributed by atoms with E-state index in [1.54, 1.807) is 18.2 Å². The highest BCUT2D eigenvalue weighted by atomic mass is 16.7. The molecule has 0 unspecified atom stereocenters. The zero-order valence-corrected chi connectivity index (χ0v) is 14.3. The molecule has 1 fully saturated rings. The Hall–Kier alpha value is -3.34. The molecule has 26 heavy (non-hydrogen) atoms. The molecule has 130 valence electrons. The largest absolute Gasteiger partial charge is 0.456 e. The molecule has 2 aliphatic rings. The van der Waals surface area contributed by atoms with Gasteiger partial charge in [0.25, 0.3) is 5.79 Å². The molecule has 0 N–H and O–H groups in total. The van der Waals surface area contributed by atoms with Gasteiger partial charge >= 0.3 is 11.9 Å². The lowest BCUT2D eigenvalue weighted by Crippen LogP contribution is -2.42. The molecular formula is C21H16O5. The second kappa shape index (κ2) is 5.88. The first-order chi connectivity index (χ1) is 12.4. The van der Waals surface area contributed by atoms with Gasteiger partial charge in [-0.15, -0.1) is 0 Å². The maximum atomic E-state index is 12.5. The summed E-state index contributed by atoms with van der Waals surface area (Å²) in [6, 6.07) is 16.7. The molecule has 0 bridgehead atoms. The van der Waals surface area contributed by atoms with Gasteiger partial charge in [-0.3, -0.25) is 0 Å². The fourth-order valence-corrected chi connectivity index (χ4v) is 2.96. The van der Waals surface area contributed by atoms with Crippen molar-refractivity contribution in [3.8, 4) is 5.75 Å². The molecule has 2 aliphatic heterocycles. The molecule has 2 aromatic rings. The van der Waals surface area contributed by atoms with Crippen LogP contribution >= 0.6 is 0 Å². The van der Waals surface area contributed by atoms with E-state index in [0.717, 1.165) is 5.56 Å². The number of hydrogen-bond acceptors (Lipinski definition) is 5. The topological polar surface area (TPSA) is 61.8 Å². The summed E-state index contributed by atoms with van der Waals surface area (Å²) in [6.07, 6.45) is 1.67. The molecule has 0 spiro atoms. The van der Waals surface area contributed by atoms with E-state index in [1.165, 1.54) is 13.8 Å². The molecular weight excluding hydrogens is 332 g/mol. The predicted molar refractivity (Wildman–Crippen MR) is 94.7 cm³/mol. The van der Waals surface area contributed by atoms with Crippen molar-refractivity contribution in [2.75, 3.05) is 0 Å². The molecule has 4 rings (SSSR count). The summed E-state index contributed by atoms with van der Waals surface area (Å²) < 4.78 is 16.5. The van der Waals surface area contributed by atoms with Crippen LogP contribution in [0.5, 0.6) is 5.75 Å². The first-order valence-corrected chi connectivity index (χ1v) is 8.20. The second-order valence-corrected chi connectivity index (χ2v) is 6.44. The molecule has 5 nitrogen and oxygen atoms in total. The van der Waals surface area contributed by atoms with Gasteiger partial charge in [0.1, 0.15) is 11.5 Å². The van der Waals surface area contributed by atoms with Crippen LogP contribution in [0.25, 0.3) is 11.3 Å². The highest BCUT2D eigenvalue weighted by Gasteiger charge is 2.41. The third-order valence-corrected chi connectivity index (χ3v) is 4.09. The fraction of sp³-hybridized carbons (Fsp3) is 0.143. The van der Waals surface area contributed by atoms with Gasteiger partial charge in [0.05, 0.1) is 0 Å². The van der Waals surface area contributed by atoms with Crippen molar-refractivity contribution >= 4 is 23.3 Å². The Bertz CT molecular complexity index is 945. The van der Waals surface area contributed by atoms with Gasteiger partial charge in [0.2, 0.25) is 0 Å². The van der Waals surface area contributed by atoms with E-state index in [0.29, 0.717) is 22.6 Å². The first kappa shape index (κ1) is 16.1. The average Bonchev–Trinajstić information content (AvgIpc) is 2.60. The molecule has 0 saturated carbocycles. The van der Waals surface area contributed by atoms with Crippen molar-refractivity contribution in [1.82, 2.24) is 0 Å². The standard InChI is InChI=1S/C21H16O5/c1-21(2)25-19(22)18(20(23)26-21)15-12-17(13-8-4-3-5-9-13)24-16-11-7-6-10-14(15)16/h3-12H,1-2H3. The molecule has 2 aromatic carbocycles. The lowest BCUT2D eigenvalue weighted by molar-refractivity contribution is -0.222. The Kier molecular flexibility index (Phi) is 3.65. The normalized spacial score (nSPS) is 18.3. The van der Waals surface area contributed by atoms with Gasteiger partial charge in [-0.05, 0) is 12.1 Å². The van der Waals surface area contributed by atoms with Crippen LogP contribution in [0.4, 0.5) is 0 Å². The number of hydrogen-bond donors (Lipinski definition) is 0. The number of rotatable bonds is 1. The van der Waals surface area contributed by atoms with Crippen LogP contribution < -0.4 is 4.74 Å². The maximum absolute atomic E-state index is 12.5. The third-order valence-electron chi connectivity index (χ3n) is 4.09. The van der Waals surface area contributed by atoms with Gasteiger partial charge < -0.3 is 14.2 Å². The molecule has 0 radical (unpaired) electrons. The summed E-state index contributed by atoms with van der Waals surface area (Å²) in [6.45, 7) is 3.04. The number of esters is 2. The van der Waals surface area contributed by atoms with Crippen molar-refractivity contribution in [3.05, 3.63) is 77.4 Å². The molecule has 5 heteroatoms. The van der Waals surface area contributed by atoms with E-state index < -0.39 is 17.7 Å². The Morgan fingerprint density at radius 1 is 0.808 bits per heavy atom. The fourth-order valence-electron chi connectivity index (χ4n) is 2.96. The zero-order chi connectivity index (χ0) is 18.3. The number of carbonyl (C=O) groups excluding carboxylic acids is 2. The van der Waals surface area contributed by atoms with Gasteiger partial charge in [0.15, 0.2) is 5.57 Å². The van der Waals surface area contributed by atoms with E-state index in [-0.39, 0.29) is 5.57 Å². The summed E-state index contributed by atoms with van der Waals surface area (Å²) in [7, 11) is 0. The summed E-state index contributed by atoms with van der Waals surface area (Å²) in [4.78, 5) is 25.0. The number of para-hydroxylation sites is 1. The van der Waals surface area contributed by atoms with Gasteiger partial charge in [-0.25, -0.2) is 9.59 Å². The Morgan fingerprint density at radius 3 is 2.12 bits per heavy atom. The van der Waals surface area contributed by atoms with Crippen LogP contribution in [0.15, 0.2) is 66.2 Å². The Labute approximate surface area is 150 Å². The van der Waals surface area contributed by atoms with Crippen molar-refractivity contribution in [2.24, 2.45) is 0 Å². The SMILES string of the molecule is CC1(C)OC(=O)C(=C2C=C(c3ccccc3)Oc3ccccc32)C(=O)O1. The van der Waals surface area contributed by atoms with Crippen LogP contribution in [-0.2, 0) is 19.1 Å². The second-order valence-electron chi connectivity index (χ2n) is 6.44. The molecule has 2 heterocycles. The predicted octanol–water partition coefficient (Wildman–Crippen LogP) is 3.71. The summed E-state index contributed by atoms with van der Waals surface area (Å²) >= 11 is 0. The van der Waals surface area contributed by atoms with E-state index in [4.69, 9.17) is 14.2 Å². The van der Waals surface area contributed by atoms with Crippen LogP contribution in [0, 0.1) is 0 Å². The highest BCUT2D eigenvalue weighted by molar-refractivity contribution is 6.23. The summed E-state index contributed by atoms with van der Waals surface area (Å²) in [5, 5.41) is 0. The van der Waals surface area contributed by atoms with Crippen molar-refractivity contribution in [1.29, 1.82) is 0 Å². The quantitative estimate of drug-likeness (QED) is 0.447. The average molecular weight is 348 g/mol. The monoisotopic (exact) mass is 348 g/mol. The zero-order valence-electron chi connectivity index (χ0n) is 14.3. The number of allylic oxidation sites excluding steroid dienone is 2. The number of benzene rings is 2. The minimum Gasteiger partial charge on any atom is -0.456 e. The van der Waals surface area contributed by atoms with Crippen LogP contribution in [-0.4, -0.2) is 17.7 Å². The molecule has 0 aromatic heterocycles. The van der Waals surface area contributed by atoms with E-state index >= 15 is 0 Å². The van der Waals surface area contributed by atoms with Gasteiger partial charge in [-0.2, -0.15) is 0 Å². The molecule has 0 aliphatic carbocycles. The maximum Gasteiger partial charge on any atom is 0.349 e. The lowest BCUT2D eigenvalue weighted by atomic mass is 9.94. The number of fused-ring (bicyclic) bond motifs is 1. The van der Waals surface area contributed by atoms with E-state index in [9.17, 15) is 9.59 Å². The van der Waals surface area contributed by atoms with Crippen molar-refractivity contribution in [2.45, 2.75) is 19.6 Å². The van der Waals surface area contributed by atoms with E-state index in [1.807, 2.05) is 42.5 Å². The highest BCUT2D eigenvalue weighted by Crippen LogP contribution is 2.40. The van der Waals surface area contributed by atoms with Crippen LogP contribution in [0.2, 0.25) is 0 Å². The molecule has 1 saturated heterocycles. The minimum absolute atomic E-state index is 0.131. The first-order valence-electron chi connectivity index (χ1n) is 8.20. The molecule has 0 amide bonds. The molecule has 0 atom stereocenters. The summed E-state index contributed by atoms with van der Waals surface area (Å²) in [5.74, 6) is -1.60. The Morgan fingerprint density at radius 2 is 1.42 bits per heavy atom.